The van der Waals surface area contributed by atoms with Crippen molar-refractivity contribution in [1.29, 1.82) is 0 Å². The Morgan fingerprint density at radius 3 is 2.69 bits per heavy atom. The highest BCUT2D eigenvalue weighted by atomic mass is 14.8. The highest BCUT2D eigenvalue weighted by Crippen LogP contribution is 2.29. The van der Waals surface area contributed by atoms with Gasteiger partial charge in [0.2, 0.25) is 0 Å². The predicted octanol–water partition coefficient (Wildman–Crippen LogP) is 3.20. The second-order valence-electron chi connectivity index (χ2n) is 4.90. The highest BCUT2D eigenvalue weighted by Gasteiger charge is 2.17. The molecule has 1 fully saturated rings. The van der Waals surface area contributed by atoms with E-state index in [9.17, 15) is 0 Å². The summed E-state index contributed by atoms with van der Waals surface area (Å²) in [6.45, 7) is 4.71. The van der Waals surface area contributed by atoms with Gasteiger partial charge >= 0.3 is 0 Å². The van der Waals surface area contributed by atoms with Gasteiger partial charge in [-0.1, -0.05) is 39.0 Å². The molecular weight excluding hydrogens is 158 g/mol. The zero-order valence-electron chi connectivity index (χ0n) is 9.47. The first-order valence-electron chi connectivity index (χ1n) is 5.89. The van der Waals surface area contributed by atoms with Crippen LogP contribution in [-0.2, 0) is 0 Å². The minimum absolute atomic E-state index is 0.707. The molecule has 13 heavy (non-hydrogen) atoms. The Morgan fingerprint density at radius 2 is 2.00 bits per heavy atom. The van der Waals surface area contributed by atoms with Crippen LogP contribution in [0.3, 0.4) is 0 Å². The fourth-order valence-corrected chi connectivity index (χ4v) is 2.42. The minimum Gasteiger partial charge on any atom is -0.317 e. The van der Waals surface area contributed by atoms with E-state index in [1.807, 2.05) is 0 Å². The van der Waals surface area contributed by atoms with Crippen LogP contribution in [0.15, 0.2) is 0 Å². The van der Waals surface area contributed by atoms with Crippen LogP contribution in [0.2, 0.25) is 0 Å². The van der Waals surface area contributed by atoms with Gasteiger partial charge in [0, 0.05) is 6.04 Å². The Balaban J connectivity index is 2.25. The molecule has 0 aromatic rings. The molecule has 0 aromatic carbocycles. The Bertz CT molecular complexity index is 133. The lowest BCUT2D eigenvalue weighted by atomic mass is 9.93. The zero-order valence-corrected chi connectivity index (χ0v) is 9.47. The normalized spacial score (nSPS) is 32.5. The van der Waals surface area contributed by atoms with Crippen LogP contribution in [0.5, 0.6) is 0 Å². The topological polar surface area (TPSA) is 12.0 Å². The van der Waals surface area contributed by atoms with Gasteiger partial charge in [0.15, 0.2) is 0 Å². The molecule has 0 aliphatic heterocycles. The number of nitrogens with one attached hydrogen (secondary N) is 1. The molecular formula is C12H25N. The monoisotopic (exact) mass is 183 g/mol. The highest BCUT2D eigenvalue weighted by molar-refractivity contribution is 4.71. The minimum atomic E-state index is 0.707. The van der Waals surface area contributed by atoms with Gasteiger partial charge in [0.1, 0.15) is 0 Å². The summed E-state index contributed by atoms with van der Waals surface area (Å²) >= 11 is 0. The van der Waals surface area contributed by atoms with Crippen molar-refractivity contribution in [3.8, 4) is 0 Å². The average molecular weight is 183 g/mol. The maximum absolute atomic E-state index is 3.34. The lowest BCUT2D eigenvalue weighted by Gasteiger charge is -2.18. The Hall–Kier alpha value is -0.0400. The molecule has 1 saturated carbocycles. The van der Waals surface area contributed by atoms with Crippen LogP contribution in [0.1, 0.15) is 52.4 Å². The molecule has 0 aromatic heterocycles. The van der Waals surface area contributed by atoms with Crippen molar-refractivity contribution in [2.75, 3.05) is 7.05 Å². The van der Waals surface area contributed by atoms with Crippen LogP contribution >= 0.6 is 0 Å². The fourth-order valence-electron chi connectivity index (χ4n) is 2.42. The van der Waals surface area contributed by atoms with Gasteiger partial charge in [-0.05, 0) is 32.2 Å². The average Bonchev–Trinajstić information content (AvgIpc) is 2.31. The van der Waals surface area contributed by atoms with E-state index in [4.69, 9.17) is 0 Å². The maximum atomic E-state index is 3.34. The molecule has 3 atom stereocenters. The summed E-state index contributed by atoms with van der Waals surface area (Å²) in [5.74, 6) is 1.97. The summed E-state index contributed by atoms with van der Waals surface area (Å²) in [4.78, 5) is 0. The molecule has 0 bridgehead atoms. The van der Waals surface area contributed by atoms with Crippen molar-refractivity contribution in [3.05, 3.63) is 0 Å². The van der Waals surface area contributed by atoms with Gasteiger partial charge < -0.3 is 5.32 Å². The summed E-state index contributed by atoms with van der Waals surface area (Å²) < 4.78 is 0. The van der Waals surface area contributed by atoms with Gasteiger partial charge in [-0.15, -0.1) is 0 Å². The Labute approximate surface area is 83.3 Å². The summed E-state index contributed by atoms with van der Waals surface area (Å²) in [5.41, 5.74) is 0. The molecule has 1 N–H and O–H groups in total. The standard InChI is InChI=1S/C12H25N/c1-10-5-4-6-12(8-7-10)9-11(2)13-3/h10-13H,4-9H2,1-3H3. The molecule has 3 unspecified atom stereocenters. The predicted molar refractivity (Wildman–Crippen MR) is 58.9 cm³/mol. The largest absolute Gasteiger partial charge is 0.317 e. The Kier molecular flexibility index (Phi) is 4.79. The van der Waals surface area contributed by atoms with Gasteiger partial charge in [-0.25, -0.2) is 0 Å². The molecule has 0 amide bonds. The van der Waals surface area contributed by atoms with E-state index < -0.39 is 0 Å². The molecule has 0 heterocycles. The van der Waals surface area contributed by atoms with E-state index in [-0.39, 0.29) is 0 Å². The van der Waals surface area contributed by atoms with Crippen molar-refractivity contribution in [1.82, 2.24) is 5.32 Å². The maximum Gasteiger partial charge on any atom is 0.00383 e. The second-order valence-corrected chi connectivity index (χ2v) is 4.90. The zero-order chi connectivity index (χ0) is 9.68. The number of rotatable bonds is 3. The molecule has 1 aliphatic rings. The molecule has 78 valence electrons. The van der Waals surface area contributed by atoms with Crippen LogP contribution < -0.4 is 5.32 Å². The number of hydrogen-bond acceptors (Lipinski definition) is 1. The van der Waals surface area contributed by atoms with Crippen molar-refractivity contribution >= 4 is 0 Å². The van der Waals surface area contributed by atoms with E-state index in [2.05, 4.69) is 26.2 Å². The first-order chi connectivity index (χ1) is 6.22. The first-order valence-corrected chi connectivity index (χ1v) is 5.89. The smallest absolute Gasteiger partial charge is 0.00383 e. The summed E-state index contributed by atoms with van der Waals surface area (Å²) in [5, 5.41) is 3.34. The van der Waals surface area contributed by atoms with Crippen LogP contribution in [0.25, 0.3) is 0 Å². The molecule has 1 heteroatoms. The summed E-state index contributed by atoms with van der Waals surface area (Å²) in [6.07, 6.45) is 8.70. The van der Waals surface area contributed by atoms with Crippen LogP contribution in [-0.4, -0.2) is 13.1 Å². The van der Waals surface area contributed by atoms with Gasteiger partial charge in [0.25, 0.3) is 0 Å². The first kappa shape index (κ1) is 11.0. The quantitative estimate of drug-likeness (QED) is 0.663. The van der Waals surface area contributed by atoms with Crippen LogP contribution in [0, 0.1) is 11.8 Å². The SMILES string of the molecule is CNC(C)CC1CCCC(C)CC1. The van der Waals surface area contributed by atoms with E-state index >= 15 is 0 Å². The van der Waals surface area contributed by atoms with E-state index in [1.165, 1.54) is 38.5 Å². The molecule has 1 rings (SSSR count). The van der Waals surface area contributed by atoms with E-state index in [1.54, 1.807) is 0 Å². The molecule has 0 radical (unpaired) electrons. The van der Waals surface area contributed by atoms with Crippen molar-refractivity contribution in [2.24, 2.45) is 11.8 Å². The molecule has 1 aliphatic carbocycles. The third kappa shape index (κ3) is 4.12. The lowest BCUT2D eigenvalue weighted by Crippen LogP contribution is -2.24. The van der Waals surface area contributed by atoms with Gasteiger partial charge in [-0.2, -0.15) is 0 Å². The van der Waals surface area contributed by atoms with Crippen molar-refractivity contribution in [2.45, 2.75) is 58.4 Å². The van der Waals surface area contributed by atoms with E-state index in [0.717, 1.165) is 11.8 Å². The third-order valence-electron chi connectivity index (χ3n) is 3.56. The molecule has 1 nitrogen and oxygen atoms in total. The molecule has 0 saturated heterocycles. The Morgan fingerprint density at radius 1 is 1.23 bits per heavy atom. The van der Waals surface area contributed by atoms with Crippen molar-refractivity contribution in [3.63, 3.8) is 0 Å². The lowest BCUT2D eigenvalue weighted by molar-refractivity contribution is 0.371. The summed E-state index contributed by atoms with van der Waals surface area (Å²) in [7, 11) is 2.07. The van der Waals surface area contributed by atoms with Crippen molar-refractivity contribution < 1.29 is 0 Å². The van der Waals surface area contributed by atoms with E-state index in [0.29, 0.717) is 6.04 Å². The summed E-state index contributed by atoms with van der Waals surface area (Å²) in [6, 6.07) is 0.707. The molecule has 0 spiro atoms. The van der Waals surface area contributed by atoms with Gasteiger partial charge in [-0.3, -0.25) is 0 Å². The number of hydrogen-bond donors (Lipinski definition) is 1. The second kappa shape index (κ2) is 5.64. The van der Waals surface area contributed by atoms with Gasteiger partial charge in [0.05, 0.1) is 0 Å². The van der Waals surface area contributed by atoms with Crippen LogP contribution in [0.4, 0.5) is 0 Å². The third-order valence-corrected chi connectivity index (χ3v) is 3.56. The fraction of sp³-hybridized carbons (Fsp3) is 1.00.